The summed E-state index contributed by atoms with van der Waals surface area (Å²) in [5.41, 5.74) is 6.26. The number of hydrogen-bond acceptors (Lipinski definition) is 3. The molecule has 1 aromatic heterocycles. The van der Waals surface area contributed by atoms with E-state index in [4.69, 9.17) is 16.3 Å². The molecule has 0 radical (unpaired) electrons. The molecule has 5 rings (SSSR count). The van der Waals surface area contributed by atoms with E-state index in [1.54, 1.807) is 0 Å². The predicted molar refractivity (Wildman–Crippen MR) is 134 cm³/mol. The number of ether oxygens (including phenoxy) is 1. The van der Waals surface area contributed by atoms with Crippen molar-refractivity contribution in [2.24, 2.45) is 0 Å². The van der Waals surface area contributed by atoms with E-state index in [9.17, 15) is 4.79 Å². The Morgan fingerprint density at radius 2 is 1.76 bits per heavy atom. The summed E-state index contributed by atoms with van der Waals surface area (Å²) in [4.78, 5) is 15.5. The number of amides is 1. The molecule has 3 aromatic carbocycles. The zero-order valence-electron chi connectivity index (χ0n) is 19.2. The Hall–Kier alpha value is -3.57. The standard InChI is InChI=1S/C28H26ClN3O2/c1-3-16-34-22-14-12-20(13-15-22)27-24-25(19-10-8-18(2)9-11-19)30-31-26(24)28(33)32(27)17-21-6-4-5-7-23(21)29/h4-15,27H,3,16-17H2,1-2H3,(H,30,31). The number of H-pyrrole nitrogens is 1. The first-order valence-corrected chi connectivity index (χ1v) is 11.9. The van der Waals surface area contributed by atoms with Gasteiger partial charge in [0.1, 0.15) is 11.4 Å². The van der Waals surface area contributed by atoms with E-state index in [2.05, 4.69) is 36.2 Å². The van der Waals surface area contributed by atoms with Crippen LogP contribution in [0.25, 0.3) is 11.3 Å². The molecule has 5 nitrogen and oxygen atoms in total. The van der Waals surface area contributed by atoms with Gasteiger partial charge in [0.05, 0.1) is 18.3 Å². The first kappa shape index (κ1) is 22.2. The lowest BCUT2D eigenvalue weighted by molar-refractivity contribution is 0.0730. The number of aromatic amines is 1. The maximum atomic E-state index is 13.6. The average molecular weight is 472 g/mol. The largest absolute Gasteiger partial charge is 0.494 e. The van der Waals surface area contributed by atoms with Crippen molar-refractivity contribution in [3.63, 3.8) is 0 Å². The Bertz CT molecular complexity index is 1310. The molecule has 0 spiro atoms. The second-order valence-corrected chi connectivity index (χ2v) is 8.98. The van der Waals surface area contributed by atoms with Crippen LogP contribution in [0.5, 0.6) is 5.75 Å². The molecule has 2 heterocycles. The van der Waals surface area contributed by atoms with E-state index < -0.39 is 0 Å². The number of benzene rings is 3. The summed E-state index contributed by atoms with van der Waals surface area (Å²) in [6.45, 7) is 5.20. The molecule has 1 atom stereocenters. The lowest BCUT2D eigenvalue weighted by Gasteiger charge is -2.27. The van der Waals surface area contributed by atoms with Gasteiger partial charge in [-0.25, -0.2) is 0 Å². The molecule has 0 aliphatic carbocycles. The molecule has 0 fully saturated rings. The molecule has 1 unspecified atom stereocenters. The number of halogens is 1. The summed E-state index contributed by atoms with van der Waals surface area (Å²) < 4.78 is 5.77. The normalized spacial score (nSPS) is 15.0. The second kappa shape index (κ2) is 9.35. The Kier molecular flexibility index (Phi) is 6.12. The molecule has 172 valence electrons. The molecule has 34 heavy (non-hydrogen) atoms. The minimum Gasteiger partial charge on any atom is -0.494 e. The van der Waals surface area contributed by atoms with Crippen LogP contribution < -0.4 is 4.74 Å². The van der Waals surface area contributed by atoms with Gasteiger partial charge in [0.2, 0.25) is 0 Å². The summed E-state index contributed by atoms with van der Waals surface area (Å²) in [5, 5.41) is 8.22. The number of fused-ring (bicyclic) bond motifs is 1. The fourth-order valence-electron chi connectivity index (χ4n) is 4.41. The number of aromatic nitrogens is 2. The van der Waals surface area contributed by atoms with Gasteiger partial charge in [-0.3, -0.25) is 9.89 Å². The molecular formula is C28H26ClN3O2. The number of carbonyl (C=O) groups excluding carboxylic acids is 1. The number of carbonyl (C=O) groups is 1. The molecule has 1 aliphatic heterocycles. The van der Waals surface area contributed by atoms with Crippen LogP contribution in [0.1, 0.15) is 52.1 Å². The Balaban J connectivity index is 1.60. The molecule has 1 N–H and O–H groups in total. The zero-order chi connectivity index (χ0) is 23.7. The summed E-state index contributed by atoms with van der Waals surface area (Å²) in [5.74, 6) is 0.732. The van der Waals surface area contributed by atoms with Crippen LogP contribution in [0.2, 0.25) is 5.02 Å². The van der Waals surface area contributed by atoms with Crippen molar-refractivity contribution in [2.45, 2.75) is 32.9 Å². The highest BCUT2D eigenvalue weighted by molar-refractivity contribution is 6.31. The topological polar surface area (TPSA) is 58.2 Å². The van der Waals surface area contributed by atoms with Gasteiger partial charge in [-0.05, 0) is 42.7 Å². The molecular weight excluding hydrogens is 446 g/mol. The number of hydrogen-bond donors (Lipinski definition) is 1. The monoisotopic (exact) mass is 471 g/mol. The van der Waals surface area contributed by atoms with Crippen LogP contribution in [-0.2, 0) is 6.54 Å². The molecule has 1 amide bonds. The number of nitrogens with one attached hydrogen (secondary N) is 1. The van der Waals surface area contributed by atoms with Crippen LogP contribution in [0.15, 0.2) is 72.8 Å². The molecule has 0 saturated heterocycles. The minimum absolute atomic E-state index is 0.0860. The van der Waals surface area contributed by atoms with Crippen molar-refractivity contribution in [1.29, 1.82) is 0 Å². The van der Waals surface area contributed by atoms with E-state index in [-0.39, 0.29) is 11.9 Å². The fourth-order valence-corrected chi connectivity index (χ4v) is 4.61. The maximum Gasteiger partial charge on any atom is 0.273 e. The lowest BCUT2D eigenvalue weighted by atomic mass is 9.95. The Labute approximate surface area is 204 Å². The number of nitrogens with zero attached hydrogens (tertiary/aromatic N) is 2. The third kappa shape index (κ3) is 4.08. The van der Waals surface area contributed by atoms with Crippen molar-refractivity contribution in [1.82, 2.24) is 15.1 Å². The van der Waals surface area contributed by atoms with Gasteiger partial charge in [-0.15, -0.1) is 0 Å². The predicted octanol–water partition coefficient (Wildman–Crippen LogP) is 6.57. The molecule has 0 bridgehead atoms. The highest BCUT2D eigenvalue weighted by Gasteiger charge is 2.42. The van der Waals surface area contributed by atoms with E-state index in [1.165, 1.54) is 5.56 Å². The first-order valence-electron chi connectivity index (χ1n) is 11.5. The SMILES string of the molecule is CCCOc1ccc(C2c3c(-c4ccc(C)cc4)n[nH]c3C(=O)N2Cc2ccccc2Cl)cc1. The molecule has 1 aliphatic rings. The summed E-state index contributed by atoms with van der Waals surface area (Å²) in [6.07, 6.45) is 0.947. The average Bonchev–Trinajstić information content (AvgIpc) is 3.39. The van der Waals surface area contributed by atoms with Gasteiger partial charge >= 0.3 is 0 Å². The van der Waals surface area contributed by atoms with Crippen molar-refractivity contribution in [2.75, 3.05) is 6.61 Å². The third-order valence-corrected chi connectivity index (χ3v) is 6.52. The van der Waals surface area contributed by atoms with E-state index in [0.29, 0.717) is 23.9 Å². The van der Waals surface area contributed by atoms with Crippen molar-refractivity contribution >= 4 is 17.5 Å². The summed E-state index contributed by atoms with van der Waals surface area (Å²) in [7, 11) is 0. The molecule has 4 aromatic rings. The van der Waals surface area contributed by atoms with Crippen LogP contribution in [0.4, 0.5) is 0 Å². The van der Waals surface area contributed by atoms with E-state index >= 15 is 0 Å². The van der Waals surface area contributed by atoms with Crippen molar-refractivity contribution < 1.29 is 9.53 Å². The smallest absolute Gasteiger partial charge is 0.273 e. The van der Waals surface area contributed by atoms with Crippen molar-refractivity contribution in [3.8, 4) is 17.0 Å². The third-order valence-electron chi connectivity index (χ3n) is 6.16. The maximum absolute atomic E-state index is 13.6. The van der Waals surface area contributed by atoms with Gasteiger partial charge in [-0.1, -0.05) is 78.7 Å². The Morgan fingerprint density at radius 3 is 2.47 bits per heavy atom. The van der Waals surface area contributed by atoms with Crippen LogP contribution >= 0.6 is 11.6 Å². The van der Waals surface area contributed by atoms with Gasteiger partial charge in [0.25, 0.3) is 5.91 Å². The van der Waals surface area contributed by atoms with Gasteiger partial charge < -0.3 is 9.64 Å². The lowest BCUT2D eigenvalue weighted by Crippen LogP contribution is -2.29. The number of rotatable bonds is 7. The molecule has 0 saturated carbocycles. The van der Waals surface area contributed by atoms with Crippen LogP contribution in [-0.4, -0.2) is 27.6 Å². The van der Waals surface area contributed by atoms with E-state index in [0.717, 1.165) is 40.1 Å². The summed E-state index contributed by atoms with van der Waals surface area (Å²) in [6, 6.07) is 23.6. The van der Waals surface area contributed by atoms with Gasteiger partial charge in [-0.2, -0.15) is 5.10 Å². The minimum atomic E-state index is -0.297. The van der Waals surface area contributed by atoms with Gasteiger partial charge in [0, 0.05) is 22.7 Å². The first-order chi connectivity index (χ1) is 16.6. The van der Waals surface area contributed by atoms with Gasteiger partial charge in [0.15, 0.2) is 0 Å². The highest BCUT2D eigenvalue weighted by Crippen LogP contribution is 2.44. The van der Waals surface area contributed by atoms with Crippen LogP contribution in [0.3, 0.4) is 0 Å². The van der Waals surface area contributed by atoms with E-state index in [1.807, 2.05) is 65.6 Å². The fraction of sp³-hybridized carbons (Fsp3) is 0.214. The quantitative estimate of drug-likeness (QED) is 0.331. The second-order valence-electron chi connectivity index (χ2n) is 8.57. The Morgan fingerprint density at radius 1 is 1.03 bits per heavy atom. The zero-order valence-corrected chi connectivity index (χ0v) is 20.0. The summed E-state index contributed by atoms with van der Waals surface area (Å²) >= 11 is 6.47. The van der Waals surface area contributed by atoms with Crippen LogP contribution in [0, 0.1) is 6.92 Å². The van der Waals surface area contributed by atoms with Crippen molar-refractivity contribution in [3.05, 3.63) is 106 Å². The number of aryl methyl sites for hydroxylation is 1. The molecule has 6 heteroatoms. The highest BCUT2D eigenvalue weighted by atomic mass is 35.5.